The number of hydrogen-bond acceptors (Lipinski definition) is 2. The standard InChI is InChI=1S/C13H19FN2O/c1-3-11(15)6-7-16-13(17)10-4-5-12(14)9(2)8-10/h4-5,8,11H,3,6-7,15H2,1-2H3,(H,16,17). The average Bonchev–Trinajstić information content (AvgIpc) is 2.32. The zero-order chi connectivity index (χ0) is 12.8. The minimum Gasteiger partial charge on any atom is -0.352 e. The number of nitrogens with two attached hydrogens (primary N) is 1. The molecule has 0 aromatic heterocycles. The summed E-state index contributed by atoms with van der Waals surface area (Å²) in [6, 6.07) is 4.45. The van der Waals surface area contributed by atoms with Crippen molar-refractivity contribution in [3.63, 3.8) is 0 Å². The number of aryl methyl sites for hydroxylation is 1. The lowest BCUT2D eigenvalue weighted by atomic mass is 10.1. The van der Waals surface area contributed by atoms with E-state index in [1.807, 2.05) is 6.92 Å². The minimum atomic E-state index is -0.297. The van der Waals surface area contributed by atoms with Crippen molar-refractivity contribution >= 4 is 5.91 Å². The van der Waals surface area contributed by atoms with Crippen LogP contribution < -0.4 is 11.1 Å². The molecule has 0 aliphatic rings. The second kappa shape index (κ2) is 6.35. The summed E-state index contributed by atoms with van der Waals surface area (Å²) >= 11 is 0. The van der Waals surface area contributed by atoms with Crippen LogP contribution in [0.4, 0.5) is 4.39 Å². The topological polar surface area (TPSA) is 55.1 Å². The van der Waals surface area contributed by atoms with Crippen LogP contribution in [0.3, 0.4) is 0 Å². The van der Waals surface area contributed by atoms with Crippen LogP contribution in [0.15, 0.2) is 18.2 Å². The van der Waals surface area contributed by atoms with E-state index in [9.17, 15) is 9.18 Å². The maximum atomic E-state index is 13.0. The van der Waals surface area contributed by atoms with E-state index in [1.54, 1.807) is 13.0 Å². The molecule has 4 heteroatoms. The number of benzene rings is 1. The summed E-state index contributed by atoms with van der Waals surface area (Å²) < 4.78 is 13.0. The summed E-state index contributed by atoms with van der Waals surface area (Å²) in [5.41, 5.74) is 6.70. The largest absolute Gasteiger partial charge is 0.352 e. The van der Waals surface area contributed by atoms with Crippen LogP contribution in [0.5, 0.6) is 0 Å². The van der Waals surface area contributed by atoms with Crippen LogP contribution in [-0.4, -0.2) is 18.5 Å². The Morgan fingerprint density at radius 3 is 2.82 bits per heavy atom. The van der Waals surface area contributed by atoms with Crippen LogP contribution in [0.1, 0.15) is 35.7 Å². The lowest BCUT2D eigenvalue weighted by Gasteiger charge is -2.10. The fourth-order valence-corrected chi connectivity index (χ4v) is 1.46. The molecule has 0 saturated heterocycles. The van der Waals surface area contributed by atoms with Crippen molar-refractivity contribution in [1.29, 1.82) is 0 Å². The normalized spacial score (nSPS) is 12.2. The first kappa shape index (κ1) is 13.6. The van der Waals surface area contributed by atoms with E-state index in [0.29, 0.717) is 17.7 Å². The van der Waals surface area contributed by atoms with E-state index in [1.165, 1.54) is 12.1 Å². The van der Waals surface area contributed by atoms with Gasteiger partial charge in [-0.15, -0.1) is 0 Å². The van der Waals surface area contributed by atoms with Gasteiger partial charge in [-0.25, -0.2) is 4.39 Å². The average molecular weight is 238 g/mol. The van der Waals surface area contributed by atoms with Gasteiger partial charge in [-0.2, -0.15) is 0 Å². The monoisotopic (exact) mass is 238 g/mol. The number of rotatable bonds is 5. The van der Waals surface area contributed by atoms with Gasteiger partial charge in [0.05, 0.1) is 0 Å². The van der Waals surface area contributed by atoms with Crippen LogP contribution in [0, 0.1) is 12.7 Å². The highest BCUT2D eigenvalue weighted by Gasteiger charge is 2.07. The van der Waals surface area contributed by atoms with Crippen molar-refractivity contribution in [2.75, 3.05) is 6.54 Å². The first-order valence-corrected chi connectivity index (χ1v) is 5.84. The Morgan fingerprint density at radius 1 is 1.53 bits per heavy atom. The van der Waals surface area contributed by atoms with Crippen molar-refractivity contribution < 1.29 is 9.18 Å². The van der Waals surface area contributed by atoms with Gasteiger partial charge in [-0.1, -0.05) is 6.92 Å². The summed E-state index contributed by atoms with van der Waals surface area (Å²) in [6.45, 7) is 4.19. The third-order valence-electron chi connectivity index (χ3n) is 2.75. The molecule has 0 heterocycles. The van der Waals surface area contributed by atoms with E-state index < -0.39 is 0 Å². The van der Waals surface area contributed by atoms with Crippen molar-refractivity contribution in [2.24, 2.45) is 5.73 Å². The summed E-state index contributed by atoms with van der Waals surface area (Å²) in [4.78, 5) is 11.7. The fourth-order valence-electron chi connectivity index (χ4n) is 1.46. The SMILES string of the molecule is CCC(N)CCNC(=O)c1ccc(F)c(C)c1. The van der Waals surface area contributed by atoms with Gasteiger partial charge in [-0.3, -0.25) is 4.79 Å². The first-order valence-electron chi connectivity index (χ1n) is 5.84. The molecule has 0 aliphatic carbocycles. The van der Waals surface area contributed by atoms with Gasteiger partial charge in [0.15, 0.2) is 0 Å². The molecule has 1 atom stereocenters. The lowest BCUT2D eigenvalue weighted by Crippen LogP contribution is -2.30. The van der Waals surface area contributed by atoms with Crippen molar-refractivity contribution in [1.82, 2.24) is 5.32 Å². The van der Waals surface area contributed by atoms with Crippen molar-refractivity contribution in [3.8, 4) is 0 Å². The molecule has 1 amide bonds. The molecule has 94 valence electrons. The van der Waals surface area contributed by atoms with Gasteiger partial charge in [-0.05, 0) is 43.5 Å². The molecular weight excluding hydrogens is 219 g/mol. The van der Waals surface area contributed by atoms with E-state index >= 15 is 0 Å². The Bertz CT molecular complexity index is 393. The Balaban J connectivity index is 2.50. The molecule has 1 rings (SSSR count). The zero-order valence-corrected chi connectivity index (χ0v) is 10.3. The number of nitrogens with one attached hydrogen (secondary N) is 1. The highest BCUT2D eigenvalue weighted by Crippen LogP contribution is 2.09. The predicted octanol–water partition coefficient (Wildman–Crippen LogP) is 1.99. The van der Waals surface area contributed by atoms with E-state index in [0.717, 1.165) is 12.8 Å². The summed E-state index contributed by atoms with van der Waals surface area (Å²) in [5.74, 6) is -0.481. The van der Waals surface area contributed by atoms with Gasteiger partial charge in [0, 0.05) is 18.2 Å². The Hall–Kier alpha value is -1.42. The van der Waals surface area contributed by atoms with Gasteiger partial charge in [0.2, 0.25) is 0 Å². The number of halogens is 1. The molecule has 0 bridgehead atoms. The molecule has 0 fully saturated rings. The zero-order valence-electron chi connectivity index (χ0n) is 10.3. The number of carbonyl (C=O) groups is 1. The molecule has 0 saturated carbocycles. The Kier molecular flexibility index (Phi) is 5.10. The molecule has 0 spiro atoms. The third-order valence-corrected chi connectivity index (χ3v) is 2.75. The Labute approximate surface area is 101 Å². The second-order valence-corrected chi connectivity index (χ2v) is 4.18. The van der Waals surface area contributed by atoms with Gasteiger partial charge < -0.3 is 11.1 Å². The molecule has 0 aliphatic heterocycles. The Morgan fingerprint density at radius 2 is 2.24 bits per heavy atom. The maximum absolute atomic E-state index is 13.0. The second-order valence-electron chi connectivity index (χ2n) is 4.18. The molecule has 1 unspecified atom stereocenters. The maximum Gasteiger partial charge on any atom is 0.251 e. The van der Waals surface area contributed by atoms with Crippen LogP contribution in [0.25, 0.3) is 0 Å². The van der Waals surface area contributed by atoms with Gasteiger partial charge >= 0.3 is 0 Å². The molecule has 3 N–H and O–H groups in total. The van der Waals surface area contributed by atoms with E-state index in [-0.39, 0.29) is 17.8 Å². The number of amides is 1. The molecule has 1 aromatic carbocycles. The minimum absolute atomic E-state index is 0.116. The quantitative estimate of drug-likeness (QED) is 0.824. The highest BCUT2D eigenvalue weighted by atomic mass is 19.1. The van der Waals surface area contributed by atoms with Crippen LogP contribution >= 0.6 is 0 Å². The smallest absolute Gasteiger partial charge is 0.251 e. The summed E-state index contributed by atoms with van der Waals surface area (Å²) in [5, 5.41) is 2.77. The fraction of sp³-hybridized carbons (Fsp3) is 0.462. The van der Waals surface area contributed by atoms with Crippen LogP contribution in [0.2, 0.25) is 0 Å². The molecule has 1 aromatic rings. The van der Waals surface area contributed by atoms with E-state index in [2.05, 4.69) is 5.32 Å². The molecular formula is C13H19FN2O. The van der Waals surface area contributed by atoms with Gasteiger partial charge in [0.1, 0.15) is 5.82 Å². The van der Waals surface area contributed by atoms with Crippen molar-refractivity contribution in [3.05, 3.63) is 35.1 Å². The molecule has 0 radical (unpaired) electrons. The molecule has 3 nitrogen and oxygen atoms in total. The molecule has 17 heavy (non-hydrogen) atoms. The van der Waals surface area contributed by atoms with E-state index in [4.69, 9.17) is 5.73 Å². The van der Waals surface area contributed by atoms with Gasteiger partial charge in [0.25, 0.3) is 5.91 Å². The number of carbonyl (C=O) groups excluding carboxylic acids is 1. The lowest BCUT2D eigenvalue weighted by molar-refractivity contribution is 0.0952. The number of hydrogen-bond donors (Lipinski definition) is 2. The third kappa shape index (κ3) is 4.15. The van der Waals surface area contributed by atoms with Crippen molar-refractivity contribution in [2.45, 2.75) is 32.7 Å². The summed E-state index contributed by atoms with van der Waals surface area (Å²) in [6.07, 6.45) is 1.65. The van der Waals surface area contributed by atoms with Crippen LogP contribution in [-0.2, 0) is 0 Å². The predicted molar refractivity (Wildman–Crippen MR) is 66.4 cm³/mol. The summed E-state index contributed by atoms with van der Waals surface area (Å²) in [7, 11) is 0. The highest BCUT2D eigenvalue weighted by molar-refractivity contribution is 5.94. The first-order chi connectivity index (χ1) is 8.04.